The third-order valence-electron chi connectivity index (χ3n) is 5.67. The Kier molecular flexibility index (Phi) is 7.43. The summed E-state index contributed by atoms with van der Waals surface area (Å²) in [6.45, 7) is 0.491. The molecular weight excluding hydrogens is 434 g/mol. The molecule has 0 bridgehead atoms. The van der Waals surface area contributed by atoms with Crippen molar-refractivity contribution in [1.82, 2.24) is 20.6 Å². The number of H-pyrrole nitrogens is 1. The van der Waals surface area contributed by atoms with Crippen molar-refractivity contribution in [3.63, 3.8) is 0 Å². The summed E-state index contributed by atoms with van der Waals surface area (Å²) in [4.78, 5) is 59.1. The number of likely N-dealkylation sites (N-methyl/N-ethyl adjacent to an activating group) is 1. The van der Waals surface area contributed by atoms with Gasteiger partial charge in [0.15, 0.2) is 5.82 Å². The van der Waals surface area contributed by atoms with Gasteiger partial charge >= 0.3 is 11.9 Å². The Morgan fingerprint density at radius 3 is 2.70 bits per heavy atom. The van der Waals surface area contributed by atoms with E-state index >= 15 is 0 Å². The van der Waals surface area contributed by atoms with E-state index in [1.54, 1.807) is 24.2 Å². The second-order valence-corrected chi connectivity index (χ2v) is 8.00. The number of aromatic nitrogens is 2. The zero-order chi connectivity index (χ0) is 24.1. The molecule has 1 amide bonds. The number of nitrogens with two attached hydrogens (primary N) is 1. The molecule has 0 fully saturated rings. The van der Waals surface area contributed by atoms with Crippen LogP contribution in [0.4, 0.5) is 17.5 Å². The first-order valence-corrected chi connectivity index (χ1v) is 10.5. The quantitative estimate of drug-likeness (QED) is 0.253. The average molecular weight is 461 g/mol. The van der Waals surface area contributed by atoms with Gasteiger partial charge in [0.05, 0.1) is 12.0 Å². The van der Waals surface area contributed by atoms with Crippen LogP contribution in [0.5, 0.6) is 0 Å². The normalized spacial score (nSPS) is 22.5. The molecule has 4 atom stereocenters. The summed E-state index contributed by atoms with van der Waals surface area (Å²) in [5, 5.41) is 23.7. The summed E-state index contributed by atoms with van der Waals surface area (Å²) < 4.78 is 0. The summed E-state index contributed by atoms with van der Waals surface area (Å²) in [7, 11) is 1.77. The highest BCUT2D eigenvalue weighted by Crippen LogP contribution is 2.26. The molecule has 4 unspecified atom stereocenters. The van der Waals surface area contributed by atoms with Gasteiger partial charge in [0.1, 0.15) is 11.7 Å². The molecule has 3 rings (SSSR count). The Bertz CT molecular complexity index is 1040. The van der Waals surface area contributed by atoms with Crippen molar-refractivity contribution in [1.29, 1.82) is 0 Å². The van der Waals surface area contributed by atoms with Gasteiger partial charge in [-0.15, -0.1) is 0 Å². The van der Waals surface area contributed by atoms with Gasteiger partial charge in [0.2, 0.25) is 11.9 Å². The van der Waals surface area contributed by atoms with Gasteiger partial charge in [-0.1, -0.05) is 12.2 Å². The lowest BCUT2D eigenvalue weighted by Crippen LogP contribution is -2.48. The number of fused-ring (bicyclic) bond motifs is 1. The monoisotopic (exact) mass is 461 g/mol. The van der Waals surface area contributed by atoms with Crippen molar-refractivity contribution >= 4 is 41.5 Å². The highest BCUT2D eigenvalue weighted by atomic mass is 16.4. The molecule has 1 aromatic heterocycles. The van der Waals surface area contributed by atoms with Crippen LogP contribution in [0.3, 0.4) is 0 Å². The van der Waals surface area contributed by atoms with Crippen molar-refractivity contribution < 1.29 is 24.6 Å². The van der Waals surface area contributed by atoms with Gasteiger partial charge in [0.25, 0.3) is 5.56 Å². The number of carboxylic acids is 2. The lowest BCUT2D eigenvalue weighted by molar-refractivity contribution is -0.143. The summed E-state index contributed by atoms with van der Waals surface area (Å²) in [6, 6.07) is -1.44. The Balaban J connectivity index is 1.52. The minimum atomic E-state index is -1.26. The standard InChI is InChI=1S/C20H27N7O6/c1-27-12(9-23-16-15(27)18(31)26-20(21)25-16)8-22-11-4-2-10(3-5-11)17(30)24-13(19(32)33)6-7-14(28)29/h2,4,9-13,22H,3,5-8H2,1H3,(H,24,30)(H,28,29)(H,32,33)(H3,21,25,26,31). The number of aliphatic imine (C=N–C) groups is 1. The number of nitrogen functional groups attached to an aromatic ring is 1. The van der Waals surface area contributed by atoms with E-state index in [9.17, 15) is 24.3 Å². The number of nitrogens with zero attached hydrogens (tertiary/aromatic N) is 3. The number of hydrogen-bond acceptors (Lipinski definition) is 9. The molecule has 0 spiro atoms. The van der Waals surface area contributed by atoms with Gasteiger partial charge in [-0.2, -0.15) is 4.98 Å². The van der Waals surface area contributed by atoms with E-state index in [0.717, 1.165) is 0 Å². The van der Waals surface area contributed by atoms with Crippen LogP contribution in [0.2, 0.25) is 0 Å². The second-order valence-electron chi connectivity index (χ2n) is 8.00. The molecule has 0 saturated heterocycles. The predicted octanol–water partition coefficient (Wildman–Crippen LogP) is -0.769. The van der Waals surface area contributed by atoms with Crippen molar-refractivity contribution in [3.05, 3.63) is 22.5 Å². The number of anilines is 2. The molecule has 2 heterocycles. The molecule has 33 heavy (non-hydrogen) atoms. The molecule has 0 saturated carbocycles. The third kappa shape index (κ3) is 5.94. The lowest BCUT2D eigenvalue weighted by Gasteiger charge is -2.32. The highest BCUT2D eigenvalue weighted by molar-refractivity contribution is 5.86. The largest absolute Gasteiger partial charge is 0.481 e. The number of carboxylic acid groups (broad SMARTS) is 2. The summed E-state index contributed by atoms with van der Waals surface area (Å²) in [5.41, 5.74) is 5.53. The maximum Gasteiger partial charge on any atom is 0.326 e. The Labute approximate surface area is 188 Å². The van der Waals surface area contributed by atoms with E-state index in [1.165, 1.54) is 0 Å². The van der Waals surface area contributed by atoms with Crippen LogP contribution >= 0.6 is 0 Å². The average Bonchev–Trinajstić information content (AvgIpc) is 2.75. The Morgan fingerprint density at radius 2 is 2.06 bits per heavy atom. The van der Waals surface area contributed by atoms with Crippen LogP contribution in [0.1, 0.15) is 25.7 Å². The van der Waals surface area contributed by atoms with Crippen molar-refractivity contribution in [3.8, 4) is 0 Å². The van der Waals surface area contributed by atoms with Crippen molar-refractivity contribution in [2.75, 3.05) is 24.2 Å². The van der Waals surface area contributed by atoms with Crippen LogP contribution in [-0.4, -0.2) is 76.0 Å². The molecule has 1 aliphatic heterocycles. The van der Waals surface area contributed by atoms with E-state index in [-0.39, 0.29) is 42.3 Å². The fourth-order valence-corrected chi connectivity index (χ4v) is 3.78. The molecule has 1 aliphatic carbocycles. The second kappa shape index (κ2) is 10.3. The first-order valence-electron chi connectivity index (χ1n) is 10.5. The number of carbonyl (C=O) groups excluding carboxylic acids is 1. The number of amides is 1. The molecule has 13 heteroatoms. The first kappa shape index (κ1) is 23.9. The third-order valence-corrected chi connectivity index (χ3v) is 5.67. The molecule has 178 valence electrons. The van der Waals surface area contributed by atoms with Gasteiger partial charge in [0, 0.05) is 32.3 Å². The first-order chi connectivity index (χ1) is 15.7. The van der Waals surface area contributed by atoms with Gasteiger partial charge in [-0.25, -0.2) is 9.79 Å². The van der Waals surface area contributed by atoms with E-state index in [4.69, 9.17) is 10.8 Å². The number of nitrogens with one attached hydrogen (secondary N) is 3. The number of carbonyl (C=O) groups is 3. The van der Waals surface area contributed by atoms with E-state index in [2.05, 4.69) is 25.6 Å². The molecule has 13 nitrogen and oxygen atoms in total. The maximum atomic E-state index is 12.4. The number of aromatic amines is 1. The van der Waals surface area contributed by atoms with Crippen LogP contribution in [0, 0.1) is 5.92 Å². The van der Waals surface area contributed by atoms with Crippen molar-refractivity contribution in [2.24, 2.45) is 10.9 Å². The molecule has 1 aromatic rings. The highest BCUT2D eigenvalue weighted by Gasteiger charge is 2.28. The van der Waals surface area contributed by atoms with Crippen LogP contribution in [-0.2, 0) is 14.4 Å². The van der Waals surface area contributed by atoms with Gasteiger partial charge < -0.3 is 31.5 Å². The fraction of sp³-hybridized carbons (Fsp3) is 0.500. The Morgan fingerprint density at radius 1 is 1.30 bits per heavy atom. The number of rotatable bonds is 9. The minimum Gasteiger partial charge on any atom is -0.481 e. The zero-order valence-corrected chi connectivity index (χ0v) is 18.0. The van der Waals surface area contributed by atoms with Gasteiger partial charge in [-0.3, -0.25) is 19.4 Å². The number of aliphatic carboxylic acids is 2. The molecular formula is C20H27N7O6. The topological polar surface area (TPSA) is 203 Å². The van der Waals surface area contributed by atoms with E-state index in [1.807, 2.05) is 6.08 Å². The Hall–Kier alpha value is -3.74. The van der Waals surface area contributed by atoms with Crippen LogP contribution in [0.15, 0.2) is 21.9 Å². The van der Waals surface area contributed by atoms with Gasteiger partial charge in [-0.05, 0) is 19.3 Å². The molecule has 2 aliphatic rings. The fourth-order valence-electron chi connectivity index (χ4n) is 3.78. The molecule has 0 aromatic carbocycles. The van der Waals surface area contributed by atoms with Crippen molar-refractivity contribution in [2.45, 2.75) is 43.8 Å². The number of hydrogen-bond donors (Lipinski definition) is 6. The zero-order valence-electron chi connectivity index (χ0n) is 18.0. The molecule has 7 N–H and O–H groups in total. The molecule has 0 radical (unpaired) electrons. The van der Waals surface area contributed by atoms with Crippen LogP contribution < -0.4 is 26.8 Å². The lowest BCUT2D eigenvalue weighted by atomic mass is 9.91. The predicted molar refractivity (Wildman–Crippen MR) is 120 cm³/mol. The summed E-state index contributed by atoms with van der Waals surface area (Å²) >= 11 is 0. The van der Waals surface area contributed by atoms with E-state index in [0.29, 0.717) is 25.1 Å². The SMILES string of the molecule is CN1c2c(nc(N)[nH]c2=O)N=CC1CNC1C=CC(C(=O)NC(CCC(=O)O)C(=O)O)CC1. The smallest absolute Gasteiger partial charge is 0.326 e. The van der Waals surface area contributed by atoms with Crippen LogP contribution in [0.25, 0.3) is 0 Å². The summed E-state index contributed by atoms with van der Waals surface area (Å²) in [6.07, 6.45) is 5.88. The summed E-state index contributed by atoms with van der Waals surface area (Å²) in [5.74, 6) is -3.04. The minimum absolute atomic E-state index is 0.00312. The maximum absolute atomic E-state index is 12.4. The van der Waals surface area contributed by atoms with E-state index < -0.39 is 29.8 Å².